The fraction of sp³-hybridized carbons (Fsp3) is 0.476. The van der Waals surface area contributed by atoms with E-state index in [1.165, 1.54) is 35.2 Å². The van der Waals surface area contributed by atoms with Gasteiger partial charge in [-0.1, -0.05) is 24.6 Å². The highest BCUT2D eigenvalue weighted by Crippen LogP contribution is 2.49. The Balaban J connectivity index is 1.98. The van der Waals surface area contributed by atoms with Crippen molar-refractivity contribution in [3.63, 3.8) is 0 Å². The minimum Gasteiger partial charge on any atom is -0.317 e. The van der Waals surface area contributed by atoms with Gasteiger partial charge in [0.05, 0.1) is 5.69 Å². The van der Waals surface area contributed by atoms with Gasteiger partial charge in [0.2, 0.25) is 0 Å². The number of aromatic nitrogens is 1. The molecule has 25 heavy (non-hydrogen) atoms. The number of fused-ring (bicyclic) bond motifs is 2. The van der Waals surface area contributed by atoms with Gasteiger partial charge in [-0.2, -0.15) is 0 Å². The van der Waals surface area contributed by atoms with Gasteiger partial charge < -0.3 is 5.32 Å². The number of halogens is 2. The summed E-state index contributed by atoms with van der Waals surface area (Å²) in [6, 6.07) is 8.81. The zero-order valence-electron chi connectivity index (χ0n) is 14.6. The largest absolute Gasteiger partial charge is 0.317 e. The quantitative estimate of drug-likeness (QED) is 0.715. The summed E-state index contributed by atoms with van der Waals surface area (Å²) in [5, 5.41) is 4.37. The van der Waals surface area contributed by atoms with Crippen LogP contribution in [0, 0.1) is 5.92 Å². The number of hydrogen-bond acceptors (Lipinski definition) is 2. The van der Waals surface area contributed by atoms with Gasteiger partial charge in [0.1, 0.15) is 0 Å². The summed E-state index contributed by atoms with van der Waals surface area (Å²) in [6.45, 7) is 4.53. The summed E-state index contributed by atoms with van der Waals surface area (Å²) in [5.74, 6) is 0.615. The highest BCUT2D eigenvalue weighted by Gasteiger charge is 2.45. The second-order valence-electron chi connectivity index (χ2n) is 7.31. The van der Waals surface area contributed by atoms with Crippen LogP contribution in [0.2, 0.25) is 5.02 Å². The van der Waals surface area contributed by atoms with Crippen molar-refractivity contribution in [1.82, 2.24) is 10.3 Å². The molecule has 4 heteroatoms. The zero-order valence-corrected chi connectivity index (χ0v) is 17.0. The Hall–Kier alpha value is -0.900. The van der Waals surface area contributed by atoms with Crippen LogP contribution in [0.25, 0.3) is 0 Å². The Kier molecular flexibility index (Phi) is 4.91. The highest BCUT2D eigenvalue weighted by molar-refractivity contribution is 9.10. The molecule has 132 valence electrons. The van der Waals surface area contributed by atoms with Crippen molar-refractivity contribution in [2.75, 3.05) is 13.1 Å². The number of nitrogens with one attached hydrogen (secondary N) is 1. The van der Waals surface area contributed by atoms with Crippen molar-refractivity contribution in [2.24, 2.45) is 5.92 Å². The van der Waals surface area contributed by atoms with Crippen molar-refractivity contribution in [2.45, 2.75) is 44.4 Å². The molecule has 0 radical (unpaired) electrons. The van der Waals surface area contributed by atoms with Crippen LogP contribution >= 0.6 is 27.5 Å². The summed E-state index contributed by atoms with van der Waals surface area (Å²) >= 11 is 9.98. The number of benzene rings is 1. The molecule has 2 nitrogen and oxygen atoms in total. The molecule has 1 aliphatic carbocycles. The molecule has 4 rings (SSSR count). The second-order valence-corrected chi connectivity index (χ2v) is 8.66. The molecule has 0 spiro atoms. The minimum atomic E-state index is -0.00540. The van der Waals surface area contributed by atoms with Crippen LogP contribution in [-0.4, -0.2) is 18.1 Å². The monoisotopic (exact) mass is 418 g/mol. The molecule has 0 saturated carbocycles. The molecule has 2 aromatic rings. The van der Waals surface area contributed by atoms with Crippen molar-refractivity contribution >= 4 is 27.5 Å². The molecule has 1 aromatic heterocycles. The first-order chi connectivity index (χ1) is 12.1. The molecule has 1 aromatic carbocycles. The van der Waals surface area contributed by atoms with E-state index in [4.69, 9.17) is 16.6 Å². The average Bonchev–Trinajstić information content (AvgIpc) is 2.77. The maximum absolute atomic E-state index is 6.36. The standard InChI is InChI=1S/C21H24BrClN2/c1-2-21(16-7-9-24-10-8-16)19-6-5-18(23)12-14(19)3-4-15-11-17(22)13-25-20(15)21/h5-6,11-13,16,24H,2-4,7-10H2,1H3. The lowest BCUT2D eigenvalue weighted by molar-refractivity contribution is 0.236. The zero-order chi connectivity index (χ0) is 17.4. The molecule has 0 bridgehead atoms. The number of pyridine rings is 1. The fourth-order valence-electron chi connectivity index (χ4n) is 5.05. The summed E-state index contributed by atoms with van der Waals surface area (Å²) in [7, 11) is 0. The van der Waals surface area contributed by atoms with Crippen LogP contribution in [-0.2, 0) is 18.3 Å². The van der Waals surface area contributed by atoms with Crippen molar-refractivity contribution in [3.05, 3.63) is 62.3 Å². The summed E-state index contributed by atoms with van der Waals surface area (Å²) < 4.78 is 1.07. The van der Waals surface area contributed by atoms with Crippen LogP contribution in [0.1, 0.15) is 48.6 Å². The van der Waals surface area contributed by atoms with Gasteiger partial charge in [0.15, 0.2) is 0 Å². The summed E-state index contributed by atoms with van der Waals surface area (Å²) in [6.07, 6.45) is 7.52. The van der Waals surface area contributed by atoms with Gasteiger partial charge >= 0.3 is 0 Å². The van der Waals surface area contributed by atoms with E-state index >= 15 is 0 Å². The van der Waals surface area contributed by atoms with Crippen LogP contribution in [0.4, 0.5) is 0 Å². The van der Waals surface area contributed by atoms with Gasteiger partial charge in [0, 0.05) is 21.1 Å². The first kappa shape index (κ1) is 17.5. The molecular weight excluding hydrogens is 396 g/mol. The highest BCUT2D eigenvalue weighted by atomic mass is 79.9. The number of aryl methyl sites for hydroxylation is 2. The van der Waals surface area contributed by atoms with Crippen LogP contribution in [0.3, 0.4) is 0 Å². The Bertz CT molecular complexity index is 730. The molecule has 2 heterocycles. The Morgan fingerprint density at radius 2 is 1.96 bits per heavy atom. The first-order valence-electron chi connectivity index (χ1n) is 9.29. The molecule has 1 saturated heterocycles. The second kappa shape index (κ2) is 7.02. The lowest BCUT2D eigenvalue weighted by atomic mass is 9.62. The van der Waals surface area contributed by atoms with Crippen molar-refractivity contribution in [1.29, 1.82) is 0 Å². The van der Waals surface area contributed by atoms with E-state index in [1.54, 1.807) is 0 Å². The number of nitrogens with zero attached hydrogens (tertiary/aromatic N) is 1. The predicted octanol–water partition coefficient (Wildman–Crippen LogP) is 5.29. The lowest BCUT2D eigenvalue weighted by Gasteiger charge is -2.43. The van der Waals surface area contributed by atoms with Gasteiger partial charge in [0.25, 0.3) is 0 Å². The molecule has 1 unspecified atom stereocenters. The average molecular weight is 420 g/mol. The predicted molar refractivity (Wildman–Crippen MR) is 107 cm³/mol. The molecule has 1 N–H and O–H groups in total. The van der Waals surface area contributed by atoms with Gasteiger partial charge in [-0.3, -0.25) is 4.98 Å². The number of hydrogen-bond donors (Lipinski definition) is 1. The maximum Gasteiger partial charge on any atom is 0.0544 e. The van der Waals surface area contributed by atoms with E-state index in [9.17, 15) is 0 Å². The van der Waals surface area contributed by atoms with E-state index in [1.807, 2.05) is 6.20 Å². The normalized spacial score (nSPS) is 23.6. The van der Waals surface area contributed by atoms with Gasteiger partial charge in [-0.15, -0.1) is 0 Å². The van der Waals surface area contributed by atoms with E-state index in [0.29, 0.717) is 5.92 Å². The minimum absolute atomic E-state index is 0.00540. The van der Waals surface area contributed by atoms with Crippen LogP contribution < -0.4 is 5.32 Å². The molecule has 2 aliphatic rings. The van der Waals surface area contributed by atoms with Crippen molar-refractivity contribution in [3.8, 4) is 0 Å². The fourth-order valence-corrected chi connectivity index (χ4v) is 5.62. The maximum atomic E-state index is 6.36. The molecule has 1 atom stereocenters. The van der Waals surface area contributed by atoms with E-state index in [2.05, 4.69) is 52.4 Å². The third-order valence-corrected chi connectivity index (χ3v) is 6.83. The Labute approximate surface area is 163 Å². The third-order valence-electron chi connectivity index (χ3n) is 6.16. The molecule has 0 amide bonds. The third kappa shape index (κ3) is 2.94. The van der Waals surface area contributed by atoms with Gasteiger partial charge in [-0.25, -0.2) is 0 Å². The van der Waals surface area contributed by atoms with E-state index in [-0.39, 0.29) is 5.41 Å². The van der Waals surface area contributed by atoms with E-state index in [0.717, 1.165) is 41.8 Å². The Morgan fingerprint density at radius 1 is 1.20 bits per heavy atom. The lowest BCUT2D eigenvalue weighted by Crippen LogP contribution is -2.43. The molecule has 1 fully saturated rings. The van der Waals surface area contributed by atoms with Crippen LogP contribution in [0.5, 0.6) is 0 Å². The summed E-state index contributed by atoms with van der Waals surface area (Å²) in [4.78, 5) is 5.00. The smallest absolute Gasteiger partial charge is 0.0544 e. The van der Waals surface area contributed by atoms with E-state index < -0.39 is 0 Å². The van der Waals surface area contributed by atoms with Crippen LogP contribution in [0.15, 0.2) is 34.9 Å². The van der Waals surface area contributed by atoms with Crippen molar-refractivity contribution < 1.29 is 0 Å². The number of piperidine rings is 1. The first-order valence-corrected chi connectivity index (χ1v) is 10.5. The SMILES string of the molecule is CCC1(C2CCNCC2)c2ccc(Cl)cc2CCc2cc(Br)cnc21. The topological polar surface area (TPSA) is 24.9 Å². The molecule has 1 aliphatic heterocycles. The summed E-state index contributed by atoms with van der Waals surface area (Å²) in [5.41, 5.74) is 5.55. The number of rotatable bonds is 2. The Morgan fingerprint density at radius 3 is 2.72 bits per heavy atom. The molecular formula is C21H24BrClN2. The van der Waals surface area contributed by atoms with Gasteiger partial charge in [-0.05, 0) is 102 Å².